The van der Waals surface area contributed by atoms with Gasteiger partial charge in [0, 0.05) is 12.1 Å². The maximum Gasteiger partial charge on any atom is 0.0543 e. The van der Waals surface area contributed by atoms with Gasteiger partial charge in [-0.15, -0.1) is 0 Å². The zero-order valence-corrected chi connectivity index (χ0v) is 15.5. The fourth-order valence-corrected chi connectivity index (χ4v) is 3.28. The van der Waals surface area contributed by atoms with Crippen LogP contribution in [0.25, 0.3) is 0 Å². The molecule has 4 atom stereocenters. The molecule has 0 aromatic heterocycles. The molecule has 0 amide bonds. The molecule has 0 saturated heterocycles. The molecule has 0 rings (SSSR count). The molecule has 3 unspecified atom stereocenters. The lowest BCUT2D eigenvalue weighted by atomic mass is 9.83. The van der Waals surface area contributed by atoms with Gasteiger partial charge in [0.1, 0.15) is 0 Å². The van der Waals surface area contributed by atoms with Crippen LogP contribution in [0.1, 0.15) is 92.9 Å². The van der Waals surface area contributed by atoms with Gasteiger partial charge in [-0.3, -0.25) is 0 Å². The van der Waals surface area contributed by atoms with Crippen LogP contribution >= 0.6 is 0 Å². The molecule has 2 heteroatoms. The third-order valence-corrected chi connectivity index (χ3v) is 4.83. The van der Waals surface area contributed by atoms with Crippen LogP contribution in [-0.4, -0.2) is 23.3 Å². The summed E-state index contributed by atoms with van der Waals surface area (Å²) in [6.45, 7) is 13.5. The Balaban J connectivity index is 4.03. The van der Waals surface area contributed by atoms with Gasteiger partial charge in [-0.2, -0.15) is 0 Å². The fourth-order valence-electron chi connectivity index (χ4n) is 3.28. The average molecular weight is 300 g/mol. The van der Waals surface area contributed by atoms with E-state index in [0.717, 1.165) is 25.2 Å². The highest BCUT2D eigenvalue weighted by Crippen LogP contribution is 2.26. The molecule has 0 fully saturated rings. The van der Waals surface area contributed by atoms with E-state index in [-0.39, 0.29) is 6.10 Å². The standard InChI is InChI=1S/C19H41NO/c1-7-11-17(16(6)8-2)14-19(21)13-10-12-18(9-3)20-15(4)5/h15-21H,7-14H2,1-6H3/t16?,17-,18?,19?/m0/s1. The molecular formula is C19H41NO. The topological polar surface area (TPSA) is 32.3 Å². The molecule has 21 heavy (non-hydrogen) atoms. The van der Waals surface area contributed by atoms with Crippen molar-refractivity contribution in [3.63, 3.8) is 0 Å². The second-order valence-corrected chi connectivity index (χ2v) is 7.18. The second kappa shape index (κ2) is 12.5. The van der Waals surface area contributed by atoms with Crippen molar-refractivity contribution in [2.75, 3.05) is 0 Å². The molecule has 0 spiro atoms. The first-order chi connectivity index (χ1) is 9.94. The summed E-state index contributed by atoms with van der Waals surface area (Å²) in [4.78, 5) is 0. The van der Waals surface area contributed by atoms with Gasteiger partial charge in [-0.05, 0) is 43.9 Å². The maximum absolute atomic E-state index is 10.3. The molecule has 2 nitrogen and oxygen atoms in total. The Morgan fingerprint density at radius 1 is 0.905 bits per heavy atom. The van der Waals surface area contributed by atoms with Gasteiger partial charge in [0.2, 0.25) is 0 Å². The molecule has 0 aliphatic rings. The van der Waals surface area contributed by atoms with E-state index in [1.54, 1.807) is 0 Å². The van der Waals surface area contributed by atoms with E-state index < -0.39 is 0 Å². The van der Waals surface area contributed by atoms with E-state index in [1.165, 1.54) is 32.1 Å². The molecule has 0 saturated carbocycles. The molecule has 2 N–H and O–H groups in total. The highest BCUT2D eigenvalue weighted by Gasteiger charge is 2.19. The summed E-state index contributed by atoms with van der Waals surface area (Å²) in [7, 11) is 0. The quantitative estimate of drug-likeness (QED) is 0.493. The van der Waals surface area contributed by atoms with E-state index >= 15 is 0 Å². The first-order valence-electron chi connectivity index (χ1n) is 9.38. The van der Waals surface area contributed by atoms with Crippen molar-refractivity contribution >= 4 is 0 Å². The van der Waals surface area contributed by atoms with Crippen molar-refractivity contribution in [1.29, 1.82) is 0 Å². The lowest BCUT2D eigenvalue weighted by molar-refractivity contribution is 0.110. The number of hydrogen-bond donors (Lipinski definition) is 2. The molecule has 128 valence electrons. The number of aliphatic hydroxyl groups excluding tert-OH is 1. The average Bonchev–Trinajstić information content (AvgIpc) is 2.44. The largest absolute Gasteiger partial charge is 0.393 e. The van der Waals surface area contributed by atoms with Crippen LogP contribution in [0.4, 0.5) is 0 Å². The number of rotatable bonds is 13. The van der Waals surface area contributed by atoms with E-state index in [1.807, 2.05) is 0 Å². The lowest BCUT2D eigenvalue weighted by Gasteiger charge is -2.26. The monoisotopic (exact) mass is 299 g/mol. The predicted molar refractivity (Wildman–Crippen MR) is 94.7 cm³/mol. The Bertz CT molecular complexity index is 230. The first kappa shape index (κ1) is 20.9. The third-order valence-electron chi connectivity index (χ3n) is 4.83. The summed E-state index contributed by atoms with van der Waals surface area (Å²) >= 11 is 0. The fraction of sp³-hybridized carbons (Fsp3) is 1.00. The van der Waals surface area contributed by atoms with Crippen molar-refractivity contribution in [3.8, 4) is 0 Å². The molecule has 0 aromatic rings. The molecule has 0 radical (unpaired) electrons. The summed E-state index contributed by atoms with van der Waals surface area (Å²) in [6, 6.07) is 1.16. The highest BCUT2D eigenvalue weighted by molar-refractivity contribution is 4.72. The van der Waals surface area contributed by atoms with Crippen molar-refractivity contribution < 1.29 is 5.11 Å². The third kappa shape index (κ3) is 10.3. The lowest BCUT2D eigenvalue weighted by Crippen LogP contribution is -2.34. The van der Waals surface area contributed by atoms with Gasteiger partial charge in [-0.25, -0.2) is 0 Å². The molecule has 0 aliphatic carbocycles. The smallest absolute Gasteiger partial charge is 0.0543 e. The van der Waals surface area contributed by atoms with Gasteiger partial charge in [0.05, 0.1) is 6.10 Å². The first-order valence-corrected chi connectivity index (χ1v) is 9.38. The Kier molecular flexibility index (Phi) is 12.4. The van der Waals surface area contributed by atoms with Gasteiger partial charge in [0.25, 0.3) is 0 Å². The van der Waals surface area contributed by atoms with Crippen LogP contribution < -0.4 is 5.32 Å². The Hall–Kier alpha value is -0.0800. The SMILES string of the molecule is CCC[C@@H](CC(O)CCCC(CC)NC(C)C)C(C)CC. The molecule has 0 aromatic carbocycles. The van der Waals surface area contributed by atoms with Crippen molar-refractivity contribution in [1.82, 2.24) is 5.32 Å². The van der Waals surface area contributed by atoms with Crippen LogP contribution in [0.5, 0.6) is 0 Å². The Labute approximate surface area is 134 Å². The van der Waals surface area contributed by atoms with Crippen LogP contribution in [-0.2, 0) is 0 Å². The second-order valence-electron chi connectivity index (χ2n) is 7.18. The molecule has 0 bridgehead atoms. The Morgan fingerprint density at radius 2 is 1.57 bits per heavy atom. The zero-order valence-electron chi connectivity index (χ0n) is 15.5. The normalized spacial score (nSPS) is 17.7. The summed E-state index contributed by atoms with van der Waals surface area (Å²) in [5.74, 6) is 1.44. The number of aliphatic hydroxyl groups is 1. The van der Waals surface area contributed by atoms with Gasteiger partial charge in [-0.1, -0.05) is 60.8 Å². The van der Waals surface area contributed by atoms with Crippen LogP contribution in [0.15, 0.2) is 0 Å². The maximum atomic E-state index is 10.3. The summed E-state index contributed by atoms with van der Waals surface area (Å²) in [5, 5.41) is 13.9. The van der Waals surface area contributed by atoms with Gasteiger partial charge >= 0.3 is 0 Å². The predicted octanol–water partition coefficient (Wildman–Crippen LogP) is 5.15. The van der Waals surface area contributed by atoms with Crippen LogP contribution in [0.3, 0.4) is 0 Å². The summed E-state index contributed by atoms with van der Waals surface area (Å²) in [5.41, 5.74) is 0. The van der Waals surface area contributed by atoms with E-state index in [9.17, 15) is 5.11 Å². The van der Waals surface area contributed by atoms with E-state index in [0.29, 0.717) is 18.0 Å². The summed E-state index contributed by atoms with van der Waals surface area (Å²) < 4.78 is 0. The number of hydrogen-bond acceptors (Lipinski definition) is 2. The molecule has 0 aliphatic heterocycles. The van der Waals surface area contributed by atoms with Gasteiger partial charge in [0.15, 0.2) is 0 Å². The molecular weight excluding hydrogens is 258 g/mol. The van der Waals surface area contributed by atoms with Gasteiger partial charge < -0.3 is 10.4 Å². The minimum Gasteiger partial charge on any atom is -0.393 e. The minimum absolute atomic E-state index is 0.105. The zero-order chi connectivity index (χ0) is 16.3. The number of nitrogens with one attached hydrogen (secondary N) is 1. The Morgan fingerprint density at radius 3 is 2.05 bits per heavy atom. The molecule has 0 heterocycles. The summed E-state index contributed by atoms with van der Waals surface area (Å²) in [6.07, 6.45) is 9.09. The van der Waals surface area contributed by atoms with Crippen molar-refractivity contribution in [3.05, 3.63) is 0 Å². The van der Waals surface area contributed by atoms with Crippen LogP contribution in [0, 0.1) is 11.8 Å². The van der Waals surface area contributed by atoms with Crippen molar-refractivity contribution in [2.24, 2.45) is 11.8 Å². The van der Waals surface area contributed by atoms with Crippen LogP contribution in [0.2, 0.25) is 0 Å². The minimum atomic E-state index is -0.105. The van der Waals surface area contributed by atoms with Crippen molar-refractivity contribution in [2.45, 2.75) is 111 Å². The van der Waals surface area contributed by atoms with E-state index in [4.69, 9.17) is 0 Å². The van der Waals surface area contributed by atoms with E-state index in [2.05, 4.69) is 46.9 Å². The highest BCUT2D eigenvalue weighted by atomic mass is 16.3.